The molecule has 58 valence electrons. The van der Waals surface area contributed by atoms with Gasteiger partial charge in [0.15, 0.2) is 0 Å². The van der Waals surface area contributed by atoms with Crippen LogP contribution in [0.3, 0.4) is 0 Å². The Morgan fingerprint density at radius 2 is 2.00 bits per heavy atom. The monoisotopic (exact) mass is 151 g/mol. The summed E-state index contributed by atoms with van der Waals surface area (Å²) < 4.78 is 0. The molecule has 0 fully saturated rings. The molecule has 0 aromatic heterocycles. The summed E-state index contributed by atoms with van der Waals surface area (Å²) in [5, 5.41) is 3.20. The largest absolute Gasteiger partial charge is 0.317 e. The number of unbranched alkanes of at least 4 members (excludes halogenated alkanes) is 1. The van der Waals surface area contributed by atoms with Crippen molar-refractivity contribution < 1.29 is 0 Å². The van der Waals surface area contributed by atoms with Gasteiger partial charge in [0.25, 0.3) is 0 Å². The van der Waals surface area contributed by atoms with Crippen molar-refractivity contribution in [3.8, 4) is 0 Å². The smallest absolute Gasteiger partial charge is 0.00357 e. The fourth-order valence-electron chi connectivity index (χ4n) is 0.655. The third-order valence-electron chi connectivity index (χ3n) is 1.48. The van der Waals surface area contributed by atoms with E-state index < -0.39 is 0 Å². The Labute approximate surface area is 64.6 Å². The molecule has 0 spiro atoms. The van der Waals surface area contributed by atoms with E-state index in [4.69, 9.17) is 0 Å². The topological polar surface area (TPSA) is 12.0 Å². The van der Waals surface area contributed by atoms with Gasteiger partial charge in [0.1, 0.15) is 0 Å². The first kappa shape index (κ1) is 12.0. The van der Waals surface area contributed by atoms with E-state index in [1.54, 1.807) is 0 Å². The van der Waals surface area contributed by atoms with Crippen LogP contribution in [-0.2, 0) is 0 Å². The Hall–Kier alpha value is 0.250. The van der Waals surface area contributed by atoms with Gasteiger partial charge >= 0.3 is 0 Å². The summed E-state index contributed by atoms with van der Waals surface area (Å²) in [5.74, 6) is 0. The molecule has 0 aliphatic heterocycles. The summed E-state index contributed by atoms with van der Waals surface area (Å²) in [5.41, 5.74) is 0. The van der Waals surface area contributed by atoms with Crippen molar-refractivity contribution in [2.24, 2.45) is 0 Å². The van der Waals surface area contributed by atoms with Crippen LogP contribution in [0.25, 0.3) is 0 Å². The molecular weight excluding hydrogens is 134 g/mol. The highest BCUT2D eigenvalue weighted by atomic mass is 35.5. The number of hydrogen-bond acceptors (Lipinski definition) is 1. The summed E-state index contributed by atoms with van der Waals surface area (Å²) in [7, 11) is 2.01. The van der Waals surface area contributed by atoms with Gasteiger partial charge in [-0.25, -0.2) is 0 Å². The second kappa shape index (κ2) is 8.25. The van der Waals surface area contributed by atoms with Crippen LogP contribution >= 0.6 is 12.4 Å². The Balaban J connectivity index is 0. The SMILES string of the molecule is CCCCC(C)NC.Cl. The summed E-state index contributed by atoms with van der Waals surface area (Å²) in [6.07, 6.45) is 3.97. The average molecular weight is 152 g/mol. The molecule has 0 rings (SSSR count). The second-order valence-corrected chi connectivity index (χ2v) is 2.33. The molecule has 1 atom stereocenters. The highest BCUT2D eigenvalue weighted by molar-refractivity contribution is 5.85. The molecule has 0 amide bonds. The lowest BCUT2D eigenvalue weighted by molar-refractivity contribution is 0.537. The molecule has 9 heavy (non-hydrogen) atoms. The zero-order chi connectivity index (χ0) is 6.41. The van der Waals surface area contributed by atoms with E-state index >= 15 is 0 Å². The second-order valence-electron chi connectivity index (χ2n) is 2.33. The minimum absolute atomic E-state index is 0. The van der Waals surface area contributed by atoms with Gasteiger partial charge < -0.3 is 5.32 Å². The molecule has 1 unspecified atom stereocenters. The molecule has 0 aliphatic rings. The third kappa shape index (κ3) is 8.25. The normalized spacial score (nSPS) is 12.3. The van der Waals surface area contributed by atoms with Gasteiger partial charge in [-0.05, 0) is 20.4 Å². The lowest BCUT2D eigenvalue weighted by atomic mass is 10.1. The van der Waals surface area contributed by atoms with E-state index in [1.807, 2.05) is 7.05 Å². The lowest BCUT2D eigenvalue weighted by Crippen LogP contribution is -2.20. The maximum atomic E-state index is 3.20. The van der Waals surface area contributed by atoms with Crippen LogP contribution in [0, 0.1) is 0 Å². The Morgan fingerprint density at radius 3 is 2.33 bits per heavy atom. The molecule has 0 saturated heterocycles. The molecule has 0 bridgehead atoms. The summed E-state index contributed by atoms with van der Waals surface area (Å²) in [6, 6.07) is 0.704. The Bertz CT molecular complexity index is 48.2. The van der Waals surface area contributed by atoms with Gasteiger partial charge in [0.05, 0.1) is 0 Å². The van der Waals surface area contributed by atoms with Crippen molar-refractivity contribution in [1.29, 1.82) is 0 Å². The first-order valence-electron chi connectivity index (χ1n) is 3.48. The van der Waals surface area contributed by atoms with Crippen LogP contribution < -0.4 is 5.32 Å². The van der Waals surface area contributed by atoms with Crippen LogP contribution in [0.2, 0.25) is 0 Å². The number of nitrogens with one attached hydrogen (secondary N) is 1. The van der Waals surface area contributed by atoms with Gasteiger partial charge in [0, 0.05) is 6.04 Å². The van der Waals surface area contributed by atoms with Crippen LogP contribution in [0.15, 0.2) is 0 Å². The summed E-state index contributed by atoms with van der Waals surface area (Å²) in [6.45, 7) is 4.44. The van der Waals surface area contributed by atoms with Crippen molar-refractivity contribution >= 4 is 12.4 Å². The maximum Gasteiger partial charge on any atom is 0.00357 e. The number of hydrogen-bond donors (Lipinski definition) is 1. The van der Waals surface area contributed by atoms with Crippen molar-refractivity contribution in [2.45, 2.75) is 39.2 Å². The van der Waals surface area contributed by atoms with Crippen molar-refractivity contribution in [3.63, 3.8) is 0 Å². The van der Waals surface area contributed by atoms with E-state index in [0.29, 0.717) is 6.04 Å². The van der Waals surface area contributed by atoms with E-state index in [2.05, 4.69) is 19.2 Å². The standard InChI is InChI=1S/C7H17N.ClH/c1-4-5-6-7(2)8-3;/h7-8H,4-6H2,1-3H3;1H. The number of halogens is 1. The van der Waals surface area contributed by atoms with E-state index in [9.17, 15) is 0 Å². The zero-order valence-corrected chi connectivity index (χ0v) is 7.42. The van der Waals surface area contributed by atoms with Crippen LogP contribution in [0.5, 0.6) is 0 Å². The molecule has 0 radical (unpaired) electrons. The maximum absolute atomic E-state index is 3.20. The lowest BCUT2D eigenvalue weighted by Gasteiger charge is -2.06. The van der Waals surface area contributed by atoms with Crippen LogP contribution in [0.1, 0.15) is 33.1 Å². The molecule has 0 aromatic carbocycles. The average Bonchev–Trinajstić information content (AvgIpc) is 1.83. The fraction of sp³-hybridized carbons (Fsp3) is 1.00. The molecule has 1 N–H and O–H groups in total. The van der Waals surface area contributed by atoms with E-state index in [1.165, 1.54) is 19.3 Å². The zero-order valence-electron chi connectivity index (χ0n) is 6.61. The van der Waals surface area contributed by atoms with Gasteiger partial charge in [-0.3, -0.25) is 0 Å². The third-order valence-corrected chi connectivity index (χ3v) is 1.48. The van der Waals surface area contributed by atoms with Gasteiger partial charge in [-0.1, -0.05) is 19.8 Å². The Kier molecular flexibility index (Phi) is 11.0. The molecule has 0 aliphatic carbocycles. The van der Waals surface area contributed by atoms with Crippen LogP contribution in [-0.4, -0.2) is 13.1 Å². The minimum atomic E-state index is 0. The van der Waals surface area contributed by atoms with Crippen molar-refractivity contribution in [2.75, 3.05) is 7.05 Å². The van der Waals surface area contributed by atoms with Gasteiger partial charge in [0.2, 0.25) is 0 Å². The molecule has 1 nitrogen and oxygen atoms in total. The first-order valence-corrected chi connectivity index (χ1v) is 3.48. The predicted molar refractivity (Wildman–Crippen MR) is 45.3 cm³/mol. The van der Waals surface area contributed by atoms with Crippen LogP contribution in [0.4, 0.5) is 0 Å². The first-order chi connectivity index (χ1) is 3.81. The molecular formula is C7H18ClN. The molecule has 0 aromatic rings. The fourth-order valence-corrected chi connectivity index (χ4v) is 0.655. The Morgan fingerprint density at radius 1 is 1.44 bits per heavy atom. The highest BCUT2D eigenvalue weighted by Crippen LogP contribution is 1.97. The van der Waals surface area contributed by atoms with Gasteiger partial charge in [-0.15, -0.1) is 12.4 Å². The highest BCUT2D eigenvalue weighted by Gasteiger charge is 1.93. The predicted octanol–water partition coefficient (Wildman–Crippen LogP) is 2.21. The summed E-state index contributed by atoms with van der Waals surface area (Å²) >= 11 is 0. The quantitative estimate of drug-likeness (QED) is 0.650. The molecule has 2 heteroatoms. The van der Waals surface area contributed by atoms with Crippen molar-refractivity contribution in [3.05, 3.63) is 0 Å². The minimum Gasteiger partial charge on any atom is -0.317 e. The van der Waals surface area contributed by atoms with E-state index in [0.717, 1.165) is 0 Å². The van der Waals surface area contributed by atoms with Crippen molar-refractivity contribution in [1.82, 2.24) is 5.32 Å². The summed E-state index contributed by atoms with van der Waals surface area (Å²) in [4.78, 5) is 0. The van der Waals surface area contributed by atoms with E-state index in [-0.39, 0.29) is 12.4 Å². The molecule has 0 saturated carbocycles. The van der Waals surface area contributed by atoms with Gasteiger partial charge in [-0.2, -0.15) is 0 Å². The molecule has 0 heterocycles. The number of rotatable bonds is 4.